The molecule has 0 aliphatic heterocycles. The van der Waals surface area contributed by atoms with E-state index in [1.54, 1.807) is 55.8 Å². The van der Waals surface area contributed by atoms with Gasteiger partial charge in [-0.15, -0.1) is 0 Å². The molecule has 0 aliphatic rings. The monoisotopic (exact) mass is 746 g/mol. The maximum absolute atomic E-state index is 14.2. The number of aromatic nitrogens is 3. The number of methoxy groups -OCH3 is 2. The molecule has 11 nitrogen and oxygen atoms in total. The highest BCUT2D eigenvalue weighted by atomic mass is 35.5. The van der Waals surface area contributed by atoms with E-state index in [2.05, 4.69) is 29.6 Å². The van der Waals surface area contributed by atoms with Gasteiger partial charge in [0.25, 0.3) is 0 Å². The molecule has 15 heteroatoms. The predicted molar refractivity (Wildman–Crippen MR) is 193 cm³/mol. The van der Waals surface area contributed by atoms with E-state index in [1.807, 2.05) is 0 Å². The number of nitrogens with zero attached hydrogens (tertiary/aromatic N) is 4. The van der Waals surface area contributed by atoms with Crippen LogP contribution in [0.2, 0.25) is 30.7 Å². The highest BCUT2D eigenvalue weighted by molar-refractivity contribution is 7.89. The van der Waals surface area contributed by atoms with Gasteiger partial charge in [0.1, 0.15) is 41.9 Å². The maximum atomic E-state index is 14.2. The molecule has 0 unspecified atom stereocenters. The van der Waals surface area contributed by atoms with Gasteiger partial charge in [0, 0.05) is 38.4 Å². The van der Waals surface area contributed by atoms with Crippen LogP contribution in [0, 0.1) is 5.82 Å². The van der Waals surface area contributed by atoms with E-state index >= 15 is 0 Å². The number of ether oxygens (including phenoxy) is 4. The topological polar surface area (TPSA) is 122 Å². The van der Waals surface area contributed by atoms with Gasteiger partial charge in [-0.05, 0) is 63.2 Å². The van der Waals surface area contributed by atoms with E-state index in [9.17, 15) is 17.6 Å². The SMILES string of the molecule is COc1ccc(CN(CC(=O)OC(C)(C)C)S(=O)(=O)c2ccc(-c3cnc(-c4ccc(F)cn4)n3COCC[Si](C)(C)C)c(Cl)c2)c(OC)c1. The fourth-order valence-electron chi connectivity index (χ4n) is 4.90. The summed E-state index contributed by atoms with van der Waals surface area (Å²) in [5.74, 6) is 0.126. The Bertz CT molecular complexity index is 1910. The van der Waals surface area contributed by atoms with Crippen molar-refractivity contribution in [3.05, 3.63) is 77.3 Å². The van der Waals surface area contributed by atoms with Gasteiger partial charge in [0.05, 0.1) is 42.2 Å². The number of halogens is 2. The number of sulfonamides is 1. The van der Waals surface area contributed by atoms with Gasteiger partial charge in [-0.25, -0.2) is 22.8 Å². The lowest BCUT2D eigenvalue weighted by Crippen LogP contribution is -2.38. The molecular formula is C35H44ClFN4O7SSi. The molecule has 2 aromatic carbocycles. The third-order valence-corrected chi connectivity index (χ3v) is 11.3. The van der Waals surface area contributed by atoms with E-state index in [4.69, 9.17) is 30.5 Å². The molecule has 0 saturated heterocycles. The standard InChI is InChI=1S/C35H44ClFN4O7SSi/c1-35(2,3)48-33(42)22-40(21-24-9-11-26(45-4)17-32(24)46-5)49(43,44)27-12-13-28(29(36)18-27)31-20-39-34(30-14-10-25(37)19-38-30)41(31)23-47-15-16-50(6,7)8/h9-14,17-20H,15-16,21-23H2,1-8H3. The second kappa shape index (κ2) is 16.0. The lowest BCUT2D eigenvalue weighted by atomic mass is 10.1. The summed E-state index contributed by atoms with van der Waals surface area (Å²) in [4.78, 5) is 21.6. The Morgan fingerprint density at radius 2 is 1.74 bits per heavy atom. The highest BCUT2D eigenvalue weighted by Gasteiger charge is 2.31. The molecule has 0 saturated carbocycles. The van der Waals surface area contributed by atoms with Crippen LogP contribution >= 0.6 is 11.6 Å². The van der Waals surface area contributed by atoms with Crippen LogP contribution in [0.5, 0.6) is 11.5 Å². The minimum atomic E-state index is -4.32. The largest absolute Gasteiger partial charge is 0.497 e. The summed E-state index contributed by atoms with van der Waals surface area (Å²) in [5.41, 5.74) is 1.12. The van der Waals surface area contributed by atoms with Crippen molar-refractivity contribution in [2.45, 2.75) is 70.2 Å². The normalized spacial score (nSPS) is 12.3. The number of esters is 1. The van der Waals surface area contributed by atoms with Gasteiger partial charge in [0.15, 0.2) is 5.82 Å². The van der Waals surface area contributed by atoms with E-state index in [-0.39, 0.29) is 23.2 Å². The molecule has 0 spiro atoms. The van der Waals surface area contributed by atoms with Crippen LogP contribution in [0.3, 0.4) is 0 Å². The minimum absolute atomic E-state index is 0.109. The molecule has 2 heterocycles. The number of rotatable bonds is 15. The van der Waals surface area contributed by atoms with E-state index in [0.29, 0.717) is 46.4 Å². The van der Waals surface area contributed by atoms with Crippen molar-refractivity contribution in [2.75, 3.05) is 27.4 Å². The minimum Gasteiger partial charge on any atom is -0.497 e. The first-order valence-corrected chi connectivity index (χ1v) is 21.4. The molecule has 0 bridgehead atoms. The second-order valence-corrected chi connectivity index (χ2v) is 21.8. The molecular weight excluding hydrogens is 703 g/mol. The number of pyridine rings is 1. The Hall–Kier alpha value is -3.82. The summed E-state index contributed by atoms with van der Waals surface area (Å²) in [7, 11) is -2.72. The second-order valence-electron chi connectivity index (χ2n) is 13.8. The summed E-state index contributed by atoms with van der Waals surface area (Å²) < 4.78 is 67.2. The van der Waals surface area contributed by atoms with Crippen LogP contribution in [0.15, 0.2) is 65.8 Å². The lowest BCUT2D eigenvalue weighted by molar-refractivity contribution is -0.155. The number of carbonyl (C=O) groups excluding carboxylic acids is 1. The average Bonchev–Trinajstić information content (AvgIpc) is 3.45. The Morgan fingerprint density at radius 1 is 1.00 bits per heavy atom. The van der Waals surface area contributed by atoms with E-state index in [0.717, 1.165) is 16.5 Å². The molecule has 0 fully saturated rings. The van der Waals surface area contributed by atoms with Crippen molar-refractivity contribution in [1.29, 1.82) is 0 Å². The summed E-state index contributed by atoms with van der Waals surface area (Å²) in [5, 5.41) is 0.118. The average molecular weight is 747 g/mol. The molecule has 0 amide bonds. The van der Waals surface area contributed by atoms with Crippen LogP contribution in [0.25, 0.3) is 22.8 Å². The number of benzene rings is 2. The molecule has 0 atom stereocenters. The van der Waals surface area contributed by atoms with Gasteiger partial charge >= 0.3 is 5.97 Å². The summed E-state index contributed by atoms with van der Waals surface area (Å²) in [6, 6.07) is 13.1. The van der Waals surface area contributed by atoms with Crippen molar-refractivity contribution >= 4 is 35.7 Å². The number of carbonyl (C=O) groups is 1. The first-order valence-electron chi connectivity index (χ1n) is 15.9. The number of hydrogen-bond acceptors (Lipinski definition) is 9. The van der Waals surface area contributed by atoms with E-state index in [1.165, 1.54) is 38.5 Å². The van der Waals surface area contributed by atoms with Gasteiger partial charge in [-0.1, -0.05) is 37.3 Å². The van der Waals surface area contributed by atoms with Crippen LogP contribution in [0.4, 0.5) is 4.39 Å². The lowest BCUT2D eigenvalue weighted by Gasteiger charge is -2.25. The maximum Gasteiger partial charge on any atom is 0.321 e. The third-order valence-electron chi connectivity index (χ3n) is 7.45. The van der Waals surface area contributed by atoms with Gasteiger partial charge in [-0.3, -0.25) is 9.36 Å². The zero-order valence-electron chi connectivity index (χ0n) is 29.6. The first-order chi connectivity index (χ1) is 23.4. The van der Waals surface area contributed by atoms with Crippen molar-refractivity contribution < 1.29 is 36.6 Å². The van der Waals surface area contributed by atoms with E-state index < -0.39 is 42.0 Å². The van der Waals surface area contributed by atoms with Crippen LogP contribution in [-0.2, 0) is 37.6 Å². The smallest absolute Gasteiger partial charge is 0.321 e. The molecule has 4 aromatic rings. The third kappa shape index (κ3) is 10.1. The number of imidazole rings is 1. The molecule has 0 aliphatic carbocycles. The molecule has 0 N–H and O–H groups in total. The Balaban J connectivity index is 1.73. The predicted octanol–water partition coefficient (Wildman–Crippen LogP) is 7.27. The first kappa shape index (κ1) is 39.0. The quantitative estimate of drug-likeness (QED) is 0.0703. The zero-order valence-corrected chi connectivity index (χ0v) is 32.2. The Kier molecular flexibility index (Phi) is 12.5. The van der Waals surface area contributed by atoms with Crippen molar-refractivity contribution in [1.82, 2.24) is 18.8 Å². The van der Waals surface area contributed by atoms with Crippen LogP contribution in [0.1, 0.15) is 26.3 Å². The Labute approximate surface area is 299 Å². The van der Waals surface area contributed by atoms with Crippen molar-refractivity contribution in [3.63, 3.8) is 0 Å². The summed E-state index contributed by atoms with van der Waals surface area (Å²) in [6.45, 7) is 11.7. The summed E-state index contributed by atoms with van der Waals surface area (Å²) >= 11 is 6.83. The van der Waals surface area contributed by atoms with Gasteiger partial charge in [-0.2, -0.15) is 4.31 Å². The molecule has 4 rings (SSSR count). The van der Waals surface area contributed by atoms with Gasteiger partial charge < -0.3 is 18.9 Å². The van der Waals surface area contributed by atoms with Crippen molar-refractivity contribution in [2.24, 2.45) is 0 Å². The van der Waals surface area contributed by atoms with Crippen LogP contribution in [-0.4, -0.2) is 74.3 Å². The molecule has 270 valence electrons. The van der Waals surface area contributed by atoms with Gasteiger partial charge in [0.2, 0.25) is 10.0 Å². The fourth-order valence-corrected chi connectivity index (χ4v) is 7.39. The van der Waals surface area contributed by atoms with Crippen molar-refractivity contribution in [3.8, 4) is 34.3 Å². The molecule has 50 heavy (non-hydrogen) atoms. The zero-order chi connectivity index (χ0) is 36.9. The Morgan fingerprint density at radius 3 is 2.34 bits per heavy atom. The highest BCUT2D eigenvalue weighted by Crippen LogP contribution is 2.35. The molecule has 2 aromatic heterocycles. The molecule has 0 radical (unpaired) electrons. The fraction of sp³-hybridized carbons (Fsp3) is 0.400. The summed E-state index contributed by atoms with van der Waals surface area (Å²) in [6.07, 6.45) is 2.69. The van der Waals surface area contributed by atoms with Crippen LogP contribution < -0.4 is 9.47 Å². The number of hydrogen-bond donors (Lipinski definition) is 0.